The lowest BCUT2D eigenvalue weighted by atomic mass is 9.85. The molecule has 16 heavy (non-hydrogen) atoms. The van der Waals surface area contributed by atoms with Gasteiger partial charge in [-0.2, -0.15) is 0 Å². The lowest BCUT2D eigenvalue weighted by molar-refractivity contribution is 0.359. The lowest BCUT2D eigenvalue weighted by Gasteiger charge is -2.29. The first-order valence-corrected chi connectivity index (χ1v) is 6.15. The molecule has 1 N–H and O–H groups in total. The molecule has 0 aliphatic carbocycles. The van der Waals surface area contributed by atoms with Crippen LogP contribution in [0.3, 0.4) is 0 Å². The van der Waals surface area contributed by atoms with Gasteiger partial charge in [0.25, 0.3) is 0 Å². The Kier molecular flexibility index (Phi) is 3.29. The molecule has 1 saturated heterocycles. The normalized spacial score (nSPS) is 24.9. The summed E-state index contributed by atoms with van der Waals surface area (Å²) < 4.78 is 13.0. The minimum Gasteiger partial charge on any atom is -0.311 e. The first-order chi connectivity index (χ1) is 7.65. The molecule has 1 unspecified atom stereocenters. The maximum atomic E-state index is 13.0. The Bertz CT molecular complexity index is 367. The van der Waals surface area contributed by atoms with Gasteiger partial charge in [0.2, 0.25) is 0 Å². The van der Waals surface area contributed by atoms with Crippen molar-refractivity contribution in [1.29, 1.82) is 0 Å². The summed E-state index contributed by atoms with van der Waals surface area (Å²) >= 11 is 0. The van der Waals surface area contributed by atoms with Gasteiger partial charge in [-0.05, 0) is 62.4 Å². The topological polar surface area (TPSA) is 12.0 Å². The van der Waals surface area contributed by atoms with Crippen LogP contribution in [0.25, 0.3) is 0 Å². The summed E-state index contributed by atoms with van der Waals surface area (Å²) in [6, 6.07) is 5.14. The van der Waals surface area contributed by atoms with Crippen LogP contribution in [-0.2, 0) is 6.42 Å². The number of nitrogens with one attached hydrogen (secondary N) is 1. The van der Waals surface area contributed by atoms with Crippen molar-refractivity contribution < 1.29 is 4.39 Å². The monoisotopic (exact) mass is 221 g/mol. The molecule has 1 nitrogen and oxygen atoms in total. The molecule has 0 radical (unpaired) electrons. The van der Waals surface area contributed by atoms with Gasteiger partial charge in [-0.1, -0.05) is 13.0 Å². The largest absolute Gasteiger partial charge is 0.311 e. The van der Waals surface area contributed by atoms with Gasteiger partial charge in [0, 0.05) is 5.54 Å². The number of rotatable bonds is 3. The summed E-state index contributed by atoms with van der Waals surface area (Å²) in [5, 5.41) is 3.62. The zero-order valence-corrected chi connectivity index (χ0v) is 10.1. The van der Waals surface area contributed by atoms with Gasteiger partial charge < -0.3 is 5.32 Å². The first kappa shape index (κ1) is 11.6. The van der Waals surface area contributed by atoms with Crippen molar-refractivity contribution in [1.82, 2.24) is 5.32 Å². The molecule has 0 saturated carbocycles. The average Bonchev–Trinajstić information content (AvgIpc) is 2.72. The summed E-state index contributed by atoms with van der Waals surface area (Å²) in [6.45, 7) is 5.35. The maximum Gasteiger partial charge on any atom is 0.123 e. The Balaban J connectivity index is 2.19. The van der Waals surface area contributed by atoms with Gasteiger partial charge in [0.15, 0.2) is 0 Å². The molecule has 88 valence electrons. The predicted molar refractivity (Wildman–Crippen MR) is 65.1 cm³/mol. The van der Waals surface area contributed by atoms with Gasteiger partial charge in [0.1, 0.15) is 5.82 Å². The van der Waals surface area contributed by atoms with Crippen LogP contribution in [0.2, 0.25) is 0 Å². The van der Waals surface area contributed by atoms with Crippen LogP contribution in [-0.4, -0.2) is 12.1 Å². The summed E-state index contributed by atoms with van der Waals surface area (Å²) in [5.41, 5.74) is 2.60. The molecule has 0 aromatic heterocycles. The van der Waals surface area contributed by atoms with Crippen molar-refractivity contribution in [2.75, 3.05) is 6.54 Å². The molecule has 1 aliphatic rings. The van der Waals surface area contributed by atoms with Crippen LogP contribution in [0.4, 0.5) is 4.39 Å². The minimum atomic E-state index is -0.133. The van der Waals surface area contributed by atoms with Crippen molar-refractivity contribution in [3.8, 4) is 0 Å². The van der Waals surface area contributed by atoms with E-state index in [0.29, 0.717) is 0 Å². The van der Waals surface area contributed by atoms with E-state index in [0.717, 1.165) is 24.9 Å². The third-order valence-electron chi connectivity index (χ3n) is 3.84. The fourth-order valence-corrected chi connectivity index (χ4v) is 2.67. The van der Waals surface area contributed by atoms with Gasteiger partial charge in [0.05, 0.1) is 0 Å². The van der Waals surface area contributed by atoms with Crippen LogP contribution >= 0.6 is 0 Å². The van der Waals surface area contributed by atoms with E-state index in [2.05, 4.69) is 12.2 Å². The van der Waals surface area contributed by atoms with Crippen molar-refractivity contribution >= 4 is 0 Å². The van der Waals surface area contributed by atoms with E-state index < -0.39 is 0 Å². The SMILES string of the molecule is CCC1(Cc2ccc(F)cc2C)CCCN1. The highest BCUT2D eigenvalue weighted by molar-refractivity contribution is 5.28. The van der Waals surface area contributed by atoms with Crippen molar-refractivity contribution in [3.63, 3.8) is 0 Å². The predicted octanol–water partition coefficient (Wildman–Crippen LogP) is 3.21. The van der Waals surface area contributed by atoms with Gasteiger partial charge >= 0.3 is 0 Å². The smallest absolute Gasteiger partial charge is 0.123 e. The summed E-state index contributed by atoms with van der Waals surface area (Å²) in [7, 11) is 0. The van der Waals surface area contributed by atoms with Crippen LogP contribution in [0.15, 0.2) is 18.2 Å². The molecule has 0 amide bonds. The van der Waals surface area contributed by atoms with Gasteiger partial charge in [-0.3, -0.25) is 0 Å². The number of aryl methyl sites for hydroxylation is 1. The molecular weight excluding hydrogens is 201 g/mol. The van der Waals surface area contributed by atoms with Crippen LogP contribution < -0.4 is 5.32 Å². The standard InChI is InChI=1S/C14H20FN/c1-3-14(7-4-8-16-14)10-12-5-6-13(15)9-11(12)2/h5-6,9,16H,3-4,7-8,10H2,1-2H3. The highest BCUT2D eigenvalue weighted by Gasteiger charge is 2.31. The summed E-state index contributed by atoms with van der Waals surface area (Å²) in [5.74, 6) is -0.133. The molecule has 1 aromatic rings. The molecule has 0 spiro atoms. The minimum absolute atomic E-state index is 0.133. The lowest BCUT2D eigenvalue weighted by Crippen LogP contribution is -2.41. The quantitative estimate of drug-likeness (QED) is 0.826. The fourth-order valence-electron chi connectivity index (χ4n) is 2.67. The molecule has 2 heteroatoms. The third kappa shape index (κ3) is 2.27. The average molecular weight is 221 g/mol. The molecule has 1 atom stereocenters. The highest BCUT2D eigenvalue weighted by atomic mass is 19.1. The molecule has 1 heterocycles. The second-order valence-electron chi connectivity index (χ2n) is 4.91. The van der Waals surface area contributed by atoms with E-state index in [1.54, 1.807) is 12.1 Å². The Morgan fingerprint density at radius 3 is 2.81 bits per heavy atom. The first-order valence-electron chi connectivity index (χ1n) is 6.15. The molecular formula is C14H20FN. The Morgan fingerprint density at radius 2 is 2.25 bits per heavy atom. The number of hydrogen-bond donors (Lipinski definition) is 1. The third-order valence-corrected chi connectivity index (χ3v) is 3.84. The van der Waals surface area contributed by atoms with Crippen molar-refractivity contribution in [2.24, 2.45) is 0 Å². The summed E-state index contributed by atoms with van der Waals surface area (Å²) in [4.78, 5) is 0. The highest BCUT2D eigenvalue weighted by Crippen LogP contribution is 2.28. The molecule has 0 bridgehead atoms. The van der Waals surface area contributed by atoms with E-state index in [1.807, 2.05) is 13.0 Å². The number of halogens is 1. The molecule has 2 rings (SSSR count). The van der Waals surface area contributed by atoms with Crippen molar-refractivity contribution in [2.45, 2.75) is 45.1 Å². The van der Waals surface area contributed by atoms with Gasteiger partial charge in [-0.15, -0.1) is 0 Å². The number of benzene rings is 1. The van der Waals surface area contributed by atoms with E-state index in [4.69, 9.17) is 0 Å². The Morgan fingerprint density at radius 1 is 1.44 bits per heavy atom. The zero-order chi connectivity index (χ0) is 11.6. The van der Waals surface area contributed by atoms with E-state index >= 15 is 0 Å². The maximum absolute atomic E-state index is 13.0. The van der Waals surface area contributed by atoms with Gasteiger partial charge in [-0.25, -0.2) is 4.39 Å². The molecule has 1 aliphatic heterocycles. The Hall–Kier alpha value is -0.890. The molecule has 1 fully saturated rings. The second-order valence-corrected chi connectivity index (χ2v) is 4.91. The van der Waals surface area contributed by atoms with Crippen molar-refractivity contribution in [3.05, 3.63) is 35.1 Å². The summed E-state index contributed by atoms with van der Waals surface area (Å²) in [6.07, 6.45) is 4.66. The van der Waals surface area contributed by atoms with E-state index in [-0.39, 0.29) is 11.4 Å². The van der Waals surface area contributed by atoms with E-state index in [9.17, 15) is 4.39 Å². The van der Waals surface area contributed by atoms with Crippen LogP contribution in [0, 0.1) is 12.7 Å². The Labute approximate surface area is 97.1 Å². The second kappa shape index (κ2) is 4.54. The van der Waals surface area contributed by atoms with Crippen LogP contribution in [0.5, 0.6) is 0 Å². The van der Waals surface area contributed by atoms with E-state index in [1.165, 1.54) is 18.4 Å². The van der Waals surface area contributed by atoms with Crippen LogP contribution in [0.1, 0.15) is 37.3 Å². The zero-order valence-electron chi connectivity index (χ0n) is 10.1. The number of hydrogen-bond acceptors (Lipinski definition) is 1. The molecule has 1 aromatic carbocycles. The fraction of sp³-hybridized carbons (Fsp3) is 0.571.